The maximum absolute atomic E-state index is 4.98. The van der Waals surface area contributed by atoms with Crippen molar-refractivity contribution in [3.8, 4) is 0 Å². The molecule has 0 N–H and O–H groups in total. The smallest absolute Gasteiger partial charge is 0.0822 e. The molecule has 1 aliphatic rings. The van der Waals surface area contributed by atoms with Crippen molar-refractivity contribution in [2.24, 2.45) is 11.3 Å². The van der Waals surface area contributed by atoms with Crippen LogP contribution in [0.15, 0.2) is 0 Å². The quantitative estimate of drug-likeness (QED) is 0.273. The van der Waals surface area contributed by atoms with Crippen molar-refractivity contribution in [2.75, 3.05) is 13.2 Å². The van der Waals surface area contributed by atoms with E-state index in [1.165, 1.54) is 51.4 Å². The maximum Gasteiger partial charge on any atom is 0.0822 e. The van der Waals surface area contributed by atoms with E-state index in [0.717, 1.165) is 32.0 Å². The number of rotatable bonds is 9. The molecule has 2 heteroatoms. The molecule has 2 nitrogen and oxygen atoms in total. The Labute approximate surface area is 133 Å². The lowest BCUT2D eigenvalue weighted by Crippen LogP contribution is -2.20. The lowest BCUT2D eigenvalue weighted by molar-refractivity contribution is -0.295. The van der Waals surface area contributed by atoms with Gasteiger partial charge in [-0.2, -0.15) is 0 Å². The van der Waals surface area contributed by atoms with E-state index >= 15 is 0 Å². The lowest BCUT2D eigenvalue weighted by Gasteiger charge is -2.33. The summed E-state index contributed by atoms with van der Waals surface area (Å²) in [6.45, 7) is 13.0. The molecule has 1 rings (SSSR count). The van der Waals surface area contributed by atoms with E-state index in [9.17, 15) is 0 Å². The number of hydrogen-bond donors (Lipinski definition) is 0. The molecular weight excluding hydrogens is 260 g/mol. The first-order chi connectivity index (χ1) is 10.0. The molecule has 128 valence electrons. The topological polar surface area (TPSA) is 18.5 Å². The Morgan fingerprint density at radius 3 is 1.76 bits per heavy atom. The molecule has 0 radical (unpaired) electrons. The van der Waals surface area contributed by atoms with Crippen LogP contribution in [0.1, 0.15) is 98.8 Å². The molecule has 0 heterocycles. The molecule has 0 aliphatic heterocycles. The number of hydrogen-bond acceptors (Lipinski definition) is 2. The molecule has 1 aliphatic carbocycles. The minimum Gasteiger partial charge on any atom is -0.237 e. The second kappa shape index (κ2) is 13.6. The van der Waals surface area contributed by atoms with E-state index in [1.807, 2.05) is 0 Å². The Bertz CT molecular complexity index is 204. The highest BCUT2D eigenvalue weighted by molar-refractivity contribution is 4.76. The highest BCUT2D eigenvalue weighted by atomic mass is 17.2. The largest absolute Gasteiger partial charge is 0.237 e. The van der Waals surface area contributed by atoms with Crippen molar-refractivity contribution >= 4 is 0 Å². The van der Waals surface area contributed by atoms with Crippen LogP contribution in [-0.4, -0.2) is 13.2 Å². The van der Waals surface area contributed by atoms with E-state index < -0.39 is 0 Å². The first kappa shape index (κ1) is 20.9. The third-order valence-electron chi connectivity index (χ3n) is 4.20. The molecule has 0 spiro atoms. The Kier molecular flexibility index (Phi) is 13.5. The predicted molar refractivity (Wildman–Crippen MR) is 92.4 cm³/mol. The first-order valence-electron chi connectivity index (χ1n) is 9.26. The Morgan fingerprint density at radius 1 is 0.905 bits per heavy atom. The zero-order chi connectivity index (χ0) is 16.0. The van der Waals surface area contributed by atoms with Gasteiger partial charge < -0.3 is 0 Å². The standard InChI is InChI=1S/C10H22O2.C9H18/c1-3-5-7-9-11-12-10-8-6-4-2;1-8-5-4-6-9(2,3)7-8/h3-10H2,1-2H3;8H,4-7H2,1-3H3. The van der Waals surface area contributed by atoms with Gasteiger partial charge in [0.2, 0.25) is 0 Å². The fraction of sp³-hybridized carbons (Fsp3) is 1.00. The van der Waals surface area contributed by atoms with Crippen LogP contribution in [0.5, 0.6) is 0 Å². The Hall–Kier alpha value is -0.0800. The first-order valence-corrected chi connectivity index (χ1v) is 9.26. The van der Waals surface area contributed by atoms with Crippen molar-refractivity contribution in [1.82, 2.24) is 0 Å². The van der Waals surface area contributed by atoms with Crippen molar-refractivity contribution in [1.29, 1.82) is 0 Å². The molecule has 0 aromatic rings. The minimum atomic E-state index is 0.650. The Morgan fingerprint density at radius 2 is 1.43 bits per heavy atom. The molecule has 1 atom stereocenters. The zero-order valence-electron chi connectivity index (χ0n) is 15.4. The van der Waals surface area contributed by atoms with Gasteiger partial charge in [-0.1, -0.05) is 73.1 Å². The summed E-state index contributed by atoms with van der Waals surface area (Å²) in [4.78, 5) is 9.96. The molecule has 1 saturated carbocycles. The summed E-state index contributed by atoms with van der Waals surface area (Å²) in [5.41, 5.74) is 0.650. The van der Waals surface area contributed by atoms with Gasteiger partial charge in [0.25, 0.3) is 0 Å². The second-order valence-corrected chi connectivity index (χ2v) is 7.42. The molecule has 0 amide bonds. The van der Waals surface area contributed by atoms with E-state index in [2.05, 4.69) is 34.6 Å². The van der Waals surface area contributed by atoms with Crippen molar-refractivity contribution in [3.05, 3.63) is 0 Å². The van der Waals surface area contributed by atoms with Crippen molar-refractivity contribution in [3.63, 3.8) is 0 Å². The van der Waals surface area contributed by atoms with E-state index in [4.69, 9.17) is 9.78 Å². The molecule has 0 aromatic carbocycles. The molecule has 0 saturated heterocycles. The van der Waals surface area contributed by atoms with Crippen LogP contribution in [0.3, 0.4) is 0 Å². The van der Waals surface area contributed by atoms with Crippen LogP contribution >= 0.6 is 0 Å². The summed E-state index contributed by atoms with van der Waals surface area (Å²) < 4.78 is 0. The van der Waals surface area contributed by atoms with Gasteiger partial charge in [0.1, 0.15) is 0 Å². The average molecular weight is 301 g/mol. The van der Waals surface area contributed by atoms with Gasteiger partial charge in [-0.3, -0.25) is 0 Å². The SMILES string of the molecule is CC1CCCC(C)(C)C1.CCCCCOOCCCCC. The maximum atomic E-state index is 4.98. The molecule has 1 fully saturated rings. The van der Waals surface area contributed by atoms with Crippen LogP contribution in [-0.2, 0) is 9.78 Å². The van der Waals surface area contributed by atoms with Gasteiger partial charge in [0.15, 0.2) is 0 Å². The normalized spacial score (nSPS) is 20.7. The van der Waals surface area contributed by atoms with Gasteiger partial charge in [-0.05, 0) is 37.0 Å². The molecular formula is C19H40O2. The molecule has 0 aromatic heterocycles. The van der Waals surface area contributed by atoms with Crippen molar-refractivity contribution < 1.29 is 9.78 Å². The minimum absolute atomic E-state index is 0.650. The third-order valence-corrected chi connectivity index (χ3v) is 4.20. The summed E-state index contributed by atoms with van der Waals surface area (Å²) in [7, 11) is 0. The molecule has 1 unspecified atom stereocenters. The van der Waals surface area contributed by atoms with Gasteiger partial charge in [0.05, 0.1) is 13.2 Å². The highest BCUT2D eigenvalue weighted by Gasteiger charge is 2.24. The van der Waals surface area contributed by atoms with Gasteiger partial charge in [0, 0.05) is 0 Å². The lowest BCUT2D eigenvalue weighted by atomic mass is 9.73. The molecule has 0 bridgehead atoms. The highest BCUT2D eigenvalue weighted by Crippen LogP contribution is 2.37. The third kappa shape index (κ3) is 14.6. The summed E-state index contributed by atoms with van der Waals surface area (Å²) in [5.74, 6) is 0.980. The van der Waals surface area contributed by atoms with Crippen LogP contribution in [0.4, 0.5) is 0 Å². The summed E-state index contributed by atoms with van der Waals surface area (Å²) in [6.07, 6.45) is 13.0. The van der Waals surface area contributed by atoms with Crippen LogP contribution in [0.25, 0.3) is 0 Å². The fourth-order valence-electron chi connectivity index (χ4n) is 3.02. The second-order valence-electron chi connectivity index (χ2n) is 7.42. The summed E-state index contributed by atoms with van der Waals surface area (Å²) in [6, 6.07) is 0. The number of unbranched alkanes of at least 4 members (excludes halogenated alkanes) is 4. The van der Waals surface area contributed by atoms with Crippen LogP contribution in [0.2, 0.25) is 0 Å². The van der Waals surface area contributed by atoms with E-state index in [-0.39, 0.29) is 0 Å². The summed E-state index contributed by atoms with van der Waals surface area (Å²) >= 11 is 0. The van der Waals surface area contributed by atoms with Gasteiger partial charge in [-0.15, -0.1) is 0 Å². The van der Waals surface area contributed by atoms with Gasteiger partial charge in [-0.25, -0.2) is 9.78 Å². The van der Waals surface area contributed by atoms with Crippen molar-refractivity contribution in [2.45, 2.75) is 98.8 Å². The summed E-state index contributed by atoms with van der Waals surface area (Å²) in [5, 5.41) is 0. The van der Waals surface area contributed by atoms with Gasteiger partial charge >= 0.3 is 0 Å². The van der Waals surface area contributed by atoms with Crippen LogP contribution in [0, 0.1) is 11.3 Å². The monoisotopic (exact) mass is 300 g/mol. The Balaban J connectivity index is 0.000000394. The zero-order valence-corrected chi connectivity index (χ0v) is 15.4. The fourth-order valence-corrected chi connectivity index (χ4v) is 3.02. The van der Waals surface area contributed by atoms with E-state index in [0.29, 0.717) is 5.41 Å². The predicted octanol–water partition coefficient (Wildman–Crippen LogP) is 6.54. The average Bonchev–Trinajstić information content (AvgIpc) is 2.41. The molecule has 21 heavy (non-hydrogen) atoms. The van der Waals surface area contributed by atoms with E-state index in [1.54, 1.807) is 0 Å². The van der Waals surface area contributed by atoms with Crippen LogP contribution < -0.4 is 0 Å².